The average molecular weight is 420 g/mol. The van der Waals surface area contributed by atoms with Crippen molar-refractivity contribution >= 4 is 44.0 Å². The van der Waals surface area contributed by atoms with Gasteiger partial charge in [0.15, 0.2) is 5.96 Å². The van der Waals surface area contributed by atoms with E-state index in [-0.39, 0.29) is 0 Å². The number of halogens is 1. The number of aliphatic imine (C=N–C) groups is 1. The van der Waals surface area contributed by atoms with Crippen LogP contribution in [0.4, 0.5) is 0 Å². The highest BCUT2D eigenvalue weighted by Crippen LogP contribution is 2.23. The van der Waals surface area contributed by atoms with Gasteiger partial charge in [0.25, 0.3) is 0 Å². The zero-order chi connectivity index (χ0) is 16.7. The lowest BCUT2D eigenvalue weighted by Crippen LogP contribution is -2.47. The topological polar surface area (TPSA) is 53.5 Å². The molecule has 0 amide bonds. The molecule has 0 saturated heterocycles. The lowest BCUT2D eigenvalue weighted by molar-refractivity contribution is 0.413. The predicted molar refractivity (Wildman–Crippen MR) is 105 cm³/mol. The molecule has 7 heteroatoms. The SMILES string of the molecule is CCS(=O)C1CCCC(NC(=NC)NCCc2ccc(Br)s2)C1. The molecule has 1 aliphatic carbocycles. The van der Waals surface area contributed by atoms with Crippen molar-refractivity contribution in [1.29, 1.82) is 0 Å². The molecule has 3 unspecified atom stereocenters. The first-order valence-corrected chi connectivity index (χ1v) is 11.2. The van der Waals surface area contributed by atoms with Crippen molar-refractivity contribution in [2.75, 3.05) is 19.3 Å². The first-order valence-electron chi connectivity index (χ1n) is 8.21. The number of nitrogens with one attached hydrogen (secondary N) is 2. The molecule has 23 heavy (non-hydrogen) atoms. The van der Waals surface area contributed by atoms with E-state index in [1.807, 2.05) is 14.0 Å². The van der Waals surface area contributed by atoms with Crippen LogP contribution in [0.15, 0.2) is 20.9 Å². The van der Waals surface area contributed by atoms with Gasteiger partial charge in [-0.1, -0.05) is 13.3 Å². The second-order valence-corrected chi connectivity index (χ2v) is 10.3. The van der Waals surface area contributed by atoms with Crippen LogP contribution in [0.3, 0.4) is 0 Å². The van der Waals surface area contributed by atoms with Crippen LogP contribution in [0, 0.1) is 0 Å². The zero-order valence-corrected chi connectivity index (χ0v) is 17.0. The van der Waals surface area contributed by atoms with Gasteiger partial charge in [0.05, 0.1) is 3.79 Å². The summed E-state index contributed by atoms with van der Waals surface area (Å²) in [5.41, 5.74) is 0. The van der Waals surface area contributed by atoms with Crippen molar-refractivity contribution in [2.24, 2.45) is 4.99 Å². The van der Waals surface area contributed by atoms with Crippen molar-refractivity contribution in [3.63, 3.8) is 0 Å². The molecular formula is C16H26BrN3OS2. The Bertz CT molecular complexity index is 547. The van der Waals surface area contributed by atoms with Gasteiger partial charge in [-0.25, -0.2) is 0 Å². The Labute approximate surface area is 154 Å². The van der Waals surface area contributed by atoms with E-state index in [0.717, 1.165) is 50.4 Å². The first kappa shape index (κ1) is 18.9. The predicted octanol–water partition coefficient (Wildman–Crippen LogP) is 3.30. The summed E-state index contributed by atoms with van der Waals surface area (Å²) in [4.78, 5) is 5.68. The van der Waals surface area contributed by atoms with Crippen LogP contribution >= 0.6 is 27.3 Å². The minimum absolute atomic E-state index is 0.341. The second kappa shape index (κ2) is 9.79. The highest BCUT2D eigenvalue weighted by molar-refractivity contribution is 9.11. The summed E-state index contributed by atoms with van der Waals surface area (Å²) in [6.07, 6.45) is 5.35. The van der Waals surface area contributed by atoms with E-state index in [0.29, 0.717) is 11.3 Å². The van der Waals surface area contributed by atoms with E-state index in [4.69, 9.17) is 0 Å². The highest BCUT2D eigenvalue weighted by Gasteiger charge is 2.25. The van der Waals surface area contributed by atoms with Gasteiger partial charge < -0.3 is 10.6 Å². The Morgan fingerprint density at radius 1 is 1.48 bits per heavy atom. The summed E-state index contributed by atoms with van der Waals surface area (Å²) in [5, 5.41) is 7.23. The van der Waals surface area contributed by atoms with Gasteiger partial charge in [0.2, 0.25) is 0 Å². The molecule has 2 N–H and O–H groups in total. The number of rotatable bonds is 6. The Hall–Kier alpha value is -0.400. The third-order valence-corrected chi connectivity index (χ3v) is 7.56. The van der Waals surface area contributed by atoms with Crippen molar-refractivity contribution in [2.45, 2.75) is 50.3 Å². The van der Waals surface area contributed by atoms with Crippen LogP contribution < -0.4 is 10.6 Å². The molecule has 130 valence electrons. The van der Waals surface area contributed by atoms with E-state index < -0.39 is 10.8 Å². The van der Waals surface area contributed by atoms with Gasteiger partial charge in [0, 0.05) is 46.3 Å². The monoisotopic (exact) mass is 419 g/mol. The number of guanidine groups is 1. The van der Waals surface area contributed by atoms with Gasteiger partial charge in [-0.05, 0) is 53.7 Å². The molecule has 1 saturated carbocycles. The smallest absolute Gasteiger partial charge is 0.191 e. The summed E-state index contributed by atoms with van der Waals surface area (Å²) >= 11 is 5.26. The molecule has 0 aromatic carbocycles. The molecular weight excluding hydrogens is 394 g/mol. The maximum atomic E-state index is 12.0. The largest absolute Gasteiger partial charge is 0.356 e. The van der Waals surface area contributed by atoms with Gasteiger partial charge in [-0.15, -0.1) is 11.3 Å². The van der Waals surface area contributed by atoms with E-state index in [1.165, 1.54) is 8.66 Å². The van der Waals surface area contributed by atoms with E-state index in [1.54, 1.807) is 11.3 Å². The molecule has 1 aromatic rings. The minimum atomic E-state index is -0.682. The molecule has 3 atom stereocenters. The fourth-order valence-corrected chi connectivity index (χ4v) is 5.76. The van der Waals surface area contributed by atoms with Crippen LogP contribution in [0.5, 0.6) is 0 Å². The fraction of sp³-hybridized carbons (Fsp3) is 0.688. The molecule has 1 heterocycles. The van der Waals surface area contributed by atoms with Gasteiger partial charge in [-0.3, -0.25) is 9.20 Å². The molecule has 0 aliphatic heterocycles. The van der Waals surface area contributed by atoms with Crippen LogP contribution in [-0.4, -0.2) is 40.8 Å². The number of hydrogen-bond acceptors (Lipinski definition) is 3. The van der Waals surface area contributed by atoms with Crippen LogP contribution in [0.25, 0.3) is 0 Å². The van der Waals surface area contributed by atoms with Crippen molar-refractivity contribution in [3.8, 4) is 0 Å². The van der Waals surface area contributed by atoms with Crippen molar-refractivity contribution in [1.82, 2.24) is 10.6 Å². The normalized spacial score (nSPS) is 23.5. The van der Waals surface area contributed by atoms with Crippen LogP contribution in [0.2, 0.25) is 0 Å². The standard InChI is InChI=1S/C16H26BrN3OS2/c1-3-23(21)14-6-4-5-12(11-14)20-16(18-2)19-10-9-13-7-8-15(17)22-13/h7-8,12,14H,3-6,9-11H2,1-2H3,(H2,18,19,20). The molecule has 1 aromatic heterocycles. The molecule has 4 nitrogen and oxygen atoms in total. The van der Waals surface area contributed by atoms with Crippen LogP contribution in [0.1, 0.15) is 37.5 Å². The minimum Gasteiger partial charge on any atom is -0.356 e. The average Bonchev–Trinajstić information content (AvgIpc) is 2.98. The Morgan fingerprint density at radius 3 is 2.96 bits per heavy atom. The maximum absolute atomic E-state index is 12.0. The van der Waals surface area contributed by atoms with Gasteiger partial charge in [0.1, 0.15) is 0 Å². The quantitative estimate of drug-likeness (QED) is 0.549. The lowest BCUT2D eigenvalue weighted by Gasteiger charge is -2.30. The Balaban J connectivity index is 1.76. The van der Waals surface area contributed by atoms with E-state index in [2.05, 4.69) is 43.7 Å². The highest BCUT2D eigenvalue weighted by atomic mass is 79.9. The summed E-state index contributed by atoms with van der Waals surface area (Å²) in [6.45, 7) is 2.88. The lowest BCUT2D eigenvalue weighted by atomic mass is 9.95. The van der Waals surface area contributed by atoms with Crippen molar-refractivity contribution in [3.05, 3.63) is 20.8 Å². The zero-order valence-electron chi connectivity index (χ0n) is 13.8. The Kier molecular flexibility index (Phi) is 8.06. The molecule has 1 fully saturated rings. The summed E-state index contributed by atoms with van der Waals surface area (Å²) in [6, 6.07) is 4.62. The number of nitrogens with zero attached hydrogens (tertiary/aromatic N) is 1. The summed E-state index contributed by atoms with van der Waals surface area (Å²) in [5.74, 6) is 1.62. The van der Waals surface area contributed by atoms with Gasteiger partial charge in [-0.2, -0.15) is 0 Å². The molecule has 1 aliphatic rings. The first-order chi connectivity index (χ1) is 11.1. The van der Waals surface area contributed by atoms with E-state index >= 15 is 0 Å². The molecule has 2 rings (SSSR count). The summed E-state index contributed by atoms with van der Waals surface area (Å²) in [7, 11) is 1.12. The number of thiophene rings is 1. The van der Waals surface area contributed by atoms with E-state index in [9.17, 15) is 4.21 Å². The fourth-order valence-electron chi connectivity index (χ4n) is 2.93. The third-order valence-electron chi connectivity index (χ3n) is 4.14. The Morgan fingerprint density at radius 2 is 2.30 bits per heavy atom. The number of hydrogen-bond donors (Lipinski definition) is 2. The second-order valence-electron chi connectivity index (χ2n) is 5.75. The molecule has 0 radical (unpaired) electrons. The van der Waals surface area contributed by atoms with Crippen LogP contribution in [-0.2, 0) is 17.2 Å². The molecule has 0 bridgehead atoms. The maximum Gasteiger partial charge on any atom is 0.191 e. The summed E-state index contributed by atoms with van der Waals surface area (Å²) < 4.78 is 13.2. The third kappa shape index (κ3) is 6.19. The van der Waals surface area contributed by atoms with Crippen molar-refractivity contribution < 1.29 is 4.21 Å². The molecule has 0 spiro atoms. The van der Waals surface area contributed by atoms with Gasteiger partial charge >= 0.3 is 0 Å².